The van der Waals surface area contributed by atoms with Crippen molar-refractivity contribution in [1.29, 1.82) is 5.26 Å². The molecule has 0 fully saturated rings. The lowest BCUT2D eigenvalue weighted by molar-refractivity contribution is 0.329. The van der Waals surface area contributed by atoms with Crippen LogP contribution in [0.3, 0.4) is 0 Å². The van der Waals surface area contributed by atoms with E-state index in [4.69, 9.17) is 5.26 Å². The van der Waals surface area contributed by atoms with Crippen LogP contribution in [0.1, 0.15) is 25.0 Å². The number of rotatable bonds is 7. The second kappa shape index (κ2) is 7.84. The minimum Gasteiger partial charge on any atom is -0.306 e. The van der Waals surface area contributed by atoms with Gasteiger partial charge in [-0.05, 0) is 38.6 Å². The van der Waals surface area contributed by atoms with Gasteiger partial charge in [-0.3, -0.25) is 4.98 Å². The third kappa shape index (κ3) is 5.47. The molecule has 1 aromatic rings. The summed E-state index contributed by atoms with van der Waals surface area (Å²) in [7, 11) is 2.12. The van der Waals surface area contributed by atoms with E-state index in [-0.39, 0.29) is 0 Å². The number of likely N-dealkylation sites (N-methyl/N-ethyl adjacent to an activating group) is 1. The standard InChI is InChI=1S/C13H19N3/c1-16(11-6-2-4-9-14)12-8-13-7-3-5-10-15-13/h3,5,7,10H,2,4,6,8,11-12H2,1H3. The normalized spacial score (nSPS) is 10.3. The molecule has 0 saturated carbocycles. The van der Waals surface area contributed by atoms with Crippen molar-refractivity contribution in [2.75, 3.05) is 20.1 Å². The Morgan fingerprint density at radius 1 is 1.31 bits per heavy atom. The highest BCUT2D eigenvalue weighted by Gasteiger charge is 1.99. The summed E-state index contributed by atoms with van der Waals surface area (Å²) in [5.74, 6) is 0. The molecule has 1 aromatic heterocycles. The molecular weight excluding hydrogens is 198 g/mol. The number of hydrogen-bond donors (Lipinski definition) is 0. The average molecular weight is 217 g/mol. The summed E-state index contributed by atoms with van der Waals surface area (Å²) in [6.07, 6.45) is 5.61. The number of hydrogen-bond acceptors (Lipinski definition) is 3. The predicted molar refractivity (Wildman–Crippen MR) is 64.9 cm³/mol. The van der Waals surface area contributed by atoms with E-state index in [2.05, 4.69) is 29.1 Å². The van der Waals surface area contributed by atoms with Gasteiger partial charge in [0.15, 0.2) is 0 Å². The van der Waals surface area contributed by atoms with Gasteiger partial charge in [0.25, 0.3) is 0 Å². The van der Waals surface area contributed by atoms with Crippen LogP contribution >= 0.6 is 0 Å². The third-order valence-corrected chi connectivity index (χ3v) is 2.55. The summed E-state index contributed by atoms with van der Waals surface area (Å²) < 4.78 is 0. The van der Waals surface area contributed by atoms with Crippen LogP contribution in [0, 0.1) is 11.3 Å². The van der Waals surface area contributed by atoms with E-state index in [1.165, 1.54) is 0 Å². The van der Waals surface area contributed by atoms with Gasteiger partial charge in [-0.2, -0.15) is 5.26 Å². The Labute approximate surface area is 97.7 Å². The minimum absolute atomic E-state index is 0.675. The largest absolute Gasteiger partial charge is 0.306 e. The summed E-state index contributed by atoms with van der Waals surface area (Å²) in [5.41, 5.74) is 1.14. The van der Waals surface area contributed by atoms with Crippen LogP contribution in [0.25, 0.3) is 0 Å². The fraction of sp³-hybridized carbons (Fsp3) is 0.538. The zero-order chi connectivity index (χ0) is 11.6. The van der Waals surface area contributed by atoms with Crippen molar-refractivity contribution >= 4 is 0 Å². The number of nitriles is 1. The van der Waals surface area contributed by atoms with E-state index in [1.54, 1.807) is 0 Å². The average Bonchev–Trinajstić information content (AvgIpc) is 2.33. The molecule has 0 radical (unpaired) electrons. The van der Waals surface area contributed by atoms with Crippen molar-refractivity contribution in [2.45, 2.75) is 25.7 Å². The van der Waals surface area contributed by atoms with Gasteiger partial charge >= 0.3 is 0 Å². The number of pyridine rings is 1. The Balaban J connectivity index is 2.11. The molecule has 0 aliphatic carbocycles. The highest BCUT2D eigenvalue weighted by Crippen LogP contribution is 1.99. The van der Waals surface area contributed by atoms with Gasteiger partial charge in [-0.15, -0.1) is 0 Å². The van der Waals surface area contributed by atoms with E-state index in [9.17, 15) is 0 Å². The maximum atomic E-state index is 8.41. The van der Waals surface area contributed by atoms with Crippen molar-refractivity contribution in [1.82, 2.24) is 9.88 Å². The molecule has 0 aliphatic heterocycles. The maximum Gasteiger partial charge on any atom is 0.0621 e. The number of nitrogens with zero attached hydrogens (tertiary/aromatic N) is 3. The summed E-state index contributed by atoms with van der Waals surface area (Å²) >= 11 is 0. The fourth-order valence-corrected chi connectivity index (χ4v) is 1.55. The molecule has 0 aromatic carbocycles. The highest BCUT2D eigenvalue weighted by atomic mass is 15.1. The first-order chi connectivity index (χ1) is 7.83. The topological polar surface area (TPSA) is 39.9 Å². The second-order valence-corrected chi connectivity index (χ2v) is 3.99. The zero-order valence-corrected chi connectivity index (χ0v) is 9.89. The quantitative estimate of drug-likeness (QED) is 0.658. The number of aromatic nitrogens is 1. The Bertz CT molecular complexity index is 316. The van der Waals surface area contributed by atoms with Gasteiger partial charge in [0, 0.05) is 31.3 Å². The van der Waals surface area contributed by atoms with Crippen LogP contribution in [0.15, 0.2) is 24.4 Å². The lowest BCUT2D eigenvalue weighted by Gasteiger charge is -2.15. The molecule has 1 heterocycles. The molecule has 3 heteroatoms. The van der Waals surface area contributed by atoms with Crippen molar-refractivity contribution in [3.05, 3.63) is 30.1 Å². The van der Waals surface area contributed by atoms with Crippen LogP contribution in [0.4, 0.5) is 0 Å². The van der Waals surface area contributed by atoms with Gasteiger partial charge in [0.05, 0.1) is 6.07 Å². The van der Waals surface area contributed by atoms with E-state index in [1.807, 2.05) is 18.3 Å². The van der Waals surface area contributed by atoms with Crippen LogP contribution in [-0.4, -0.2) is 30.0 Å². The molecule has 0 bridgehead atoms. The molecular formula is C13H19N3. The molecule has 0 spiro atoms. The van der Waals surface area contributed by atoms with Gasteiger partial charge in [-0.1, -0.05) is 6.07 Å². The monoisotopic (exact) mass is 217 g/mol. The van der Waals surface area contributed by atoms with E-state index in [0.29, 0.717) is 6.42 Å². The first kappa shape index (κ1) is 12.7. The van der Waals surface area contributed by atoms with E-state index >= 15 is 0 Å². The van der Waals surface area contributed by atoms with Crippen LogP contribution in [0.5, 0.6) is 0 Å². The summed E-state index contributed by atoms with van der Waals surface area (Å²) in [5, 5.41) is 8.41. The van der Waals surface area contributed by atoms with Crippen LogP contribution in [0.2, 0.25) is 0 Å². The Morgan fingerprint density at radius 2 is 2.19 bits per heavy atom. The fourth-order valence-electron chi connectivity index (χ4n) is 1.55. The van der Waals surface area contributed by atoms with E-state index in [0.717, 1.165) is 38.0 Å². The minimum atomic E-state index is 0.675. The van der Waals surface area contributed by atoms with Gasteiger partial charge < -0.3 is 4.90 Å². The molecule has 0 amide bonds. The molecule has 86 valence electrons. The summed E-state index contributed by atoms with van der Waals surface area (Å²) in [4.78, 5) is 6.59. The van der Waals surface area contributed by atoms with Crippen molar-refractivity contribution in [3.63, 3.8) is 0 Å². The first-order valence-corrected chi connectivity index (χ1v) is 5.78. The Morgan fingerprint density at radius 3 is 2.88 bits per heavy atom. The van der Waals surface area contributed by atoms with Crippen molar-refractivity contribution in [2.24, 2.45) is 0 Å². The third-order valence-electron chi connectivity index (χ3n) is 2.55. The molecule has 0 N–H and O–H groups in total. The van der Waals surface area contributed by atoms with Gasteiger partial charge in [-0.25, -0.2) is 0 Å². The first-order valence-electron chi connectivity index (χ1n) is 5.78. The van der Waals surface area contributed by atoms with E-state index < -0.39 is 0 Å². The Hall–Kier alpha value is -1.40. The zero-order valence-electron chi connectivity index (χ0n) is 9.89. The van der Waals surface area contributed by atoms with Crippen LogP contribution < -0.4 is 0 Å². The molecule has 0 unspecified atom stereocenters. The smallest absolute Gasteiger partial charge is 0.0621 e. The molecule has 0 saturated heterocycles. The Kier molecular flexibility index (Phi) is 6.20. The molecule has 3 nitrogen and oxygen atoms in total. The van der Waals surface area contributed by atoms with Gasteiger partial charge in [0.2, 0.25) is 0 Å². The molecule has 1 rings (SSSR count). The van der Waals surface area contributed by atoms with Crippen molar-refractivity contribution in [3.8, 4) is 6.07 Å². The molecule has 0 aliphatic rings. The molecule has 16 heavy (non-hydrogen) atoms. The number of unbranched alkanes of at least 4 members (excludes halogenated alkanes) is 2. The molecule has 0 atom stereocenters. The van der Waals surface area contributed by atoms with Gasteiger partial charge in [0.1, 0.15) is 0 Å². The second-order valence-electron chi connectivity index (χ2n) is 3.99. The van der Waals surface area contributed by atoms with Crippen molar-refractivity contribution < 1.29 is 0 Å². The summed E-state index contributed by atoms with van der Waals surface area (Å²) in [6, 6.07) is 8.19. The summed E-state index contributed by atoms with van der Waals surface area (Å²) in [6.45, 7) is 2.10. The predicted octanol–water partition coefficient (Wildman–Crippen LogP) is 2.25. The lowest BCUT2D eigenvalue weighted by atomic mass is 10.2. The SMILES string of the molecule is CN(CCCCC#N)CCc1ccccn1. The lowest BCUT2D eigenvalue weighted by Crippen LogP contribution is -2.22. The maximum absolute atomic E-state index is 8.41. The highest BCUT2D eigenvalue weighted by molar-refractivity contribution is 5.03. The van der Waals surface area contributed by atoms with Crippen LogP contribution in [-0.2, 0) is 6.42 Å².